The lowest BCUT2D eigenvalue weighted by Gasteiger charge is -2.18. The number of hydrogen-bond acceptors (Lipinski definition) is 1. The molecule has 11 heteroatoms. The third kappa shape index (κ3) is 6.83. The highest BCUT2D eigenvalue weighted by molar-refractivity contribution is 6.48. The molecule has 2 aromatic carbocycles. The molecule has 1 aliphatic rings. The van der Waals surface area contributed by atoms with E-state index < -0.39 is 30.6 Å². The number of halogens is 9. The fraction of sp³-hybridized carbons (Fsp3) is 0.348. The number of carbonyl (C=O) groups excluding carboxylic acids is 1. The first kappa shape index (κ1) is 26.7. The fourth-order valence-electron chi connectivity index (χ4n) is 3.89. The van der Waals surface area contributed by atoms with Gasteiger partial charge in [-0.15, -0.1) is 0 Å². The van der Waals surface area contributed by atoms with Crippen LogP contribution >= 0.6 is 34.8 Å². The van der Waals surface area contributed by atoms with Gasteiger partial charge in [0.15, 0.2) is 0 Å². The summed E-state index contributed by atoms with van der Waals surface area (Å²) in [6.45, 7) is 0.0608. The Morgan fingerprint density at radius 3 is 2.29 bits per heavy atom. The van der Waals surface area contributed by atoms with Gasteiger partial charge in [-0.1, -0.05) is 65.2 Å². The van der Waals surface area contributed by atoms with Crippen molar-refractivity contribution in [1.82, 2.24) is 5.32 Å². The second-order valence-corrected chi connectivity index (χ2v) is 9.16. The van der Waals surface area contributed by atoms with Crippen LogP contribution in [0.1, 0.15) is 46.9 Å². The molecule has 2 nitrogen and oxygen atoms in total. The molecule has 0 saturated carbocycles. The smallest absolute Gasteiger partial charge is 0.355 e. The van der Waals surface area contributed by atoms with Crippen molar-refractivity contribution in [3.8, 4) is 0 Å². The molecule has 0 aromatic heterocycles. The Kier molecular flexibility index (Phi) is 8.15. The van der Waals surface area contributed by atoms with E-state index in [1.165, 1.54) is 6.08 Å². The largest absolute Gasteiger partial charge is 0.399 e. The van der Waals surface area contributed by atoms with E-state index in [-0.39, 0.29) is 33.1 Å². The fourth-order valence-corrected chi connectivity index (χ4v) is 4.51. The Morgan fingerprint density at radius 2 is 1.71 bits per heavy atom. The Labute approximate surface area is 206 Å². The van der Waals surface area contributed by atoms with Crippen LogP contribution < -0.4 is 5.32 Å². The maximum Gasteiger partial charge on any atom is 0.399 e. The van der Waals surface area contributed by atoms with E-state index in [0.717, 1.165) is 29.3 Å². The van der Waals surface area contributed by atoms with Crippen LogP contribution in [0.3, 0.4) is 0 Å². The van der Waals surface area contributed by atoms with E-state index in [0.29, 0.717) is 18.4 Å². The molecule has 1 amide bonds. The van der Waals surface area contributed by atoms with Gasteiger partial charge >= 0.3 is 12.4 Å². The standard InChI is InChI=1S/C23H18Cl3F6NO/c24-18-8-15(9-19(25)21(18)26)17(23(30,31)32)6-2-12-1-5-16-13(7-12)3-4-14(16)11-33-20(34)10-22(27,28)29/h1-2,5-9,14,17H,3-4,10-11H2,(H,33,34)/b6-2+. The van der Waals surface area contributed by atoms with Crippen molar-refractivity contribution in [3.63, 3.8) is 0 Å². The number of hydrogen-bond donors (Lipinski definition) is 1. The first-order valence-corrected chi connectivity index (χ1v) is 11.2. The Hall–Kier alpha value is -1.90. The summed E-state index contributed by atoms with van der Waals surface area (Å²) < 4.78 is 78.1. The zero-order valence-electron chi connectivity index (χ0n) is 17.3. The molecular formula is C23H18Cl3F6NO. The molecule has 1 N–H and O–H groups in total. The zero-order chi connectivity index (χ0) is 25.3. The van der Waals surface area contributed by atoms with E-state index >= 15 is 0 Å². The van der Waals surface area contributed by atoms with Crippen molar-refractivity contribution in [3.05, 3.63) is 73.7 Å². The van der Waals surface area contributed by atoms with Crippen LogP contribution in [-0.2, 0) is 11.2 Å². The van der Waals surface area contributed by atoms with Gasteiger partial charge in [0.25, 0.3) is 0 Å². The lowest BCUT2D eigenvalue weighted by Crippen LogP contribution is -2.31. The van der Waals surface area contributed by atoms with E-state index in [1.807, 2.05) is 0 Å². The summed E-state index contributed by atoms with van der Waals surface area (Å²) in [7, 11) is 0. The van der Waals surface area contributed by atoms with Crippen molar-refractivity contribution in [2.75, 3.05) is 6.54 Å². The van der Waals surface area contributed by atoms with Gasteiger partial charge in [-0.05, 0) is 47.2 Å². The predicted molar refractivity (Wildman–Crippen MR) is 120 cm³/mol. The molecule has 184 valence electrons. The summed E-state index contributed by atoms with van der Waals surface area (Å²) >= 11 is 17.6. The molecule has 0 spiro atoms. The molecular weight excluding hydrogens is 527 g/mol. The van der Waals surface area contributed by atoms with Gasteiger partial charge in [0.1, 0.15) is 6.42 Å². The number of allylic oxidation sites excluding steroid dienone is 1. The molecule has 0 bridgehead atoms. The summed E-state index contributed by atoms with van der Waals surface area (Å²) in [5, 5.41) is 2.10. The van der Waals surface area contributed by atoms with Gasteiger partial charge < -0.3 is 5.32 Å². The van der Waals surface area contributed by atoms with Crippen LogP contribution in [0.4, 0.5) is 26.3 Å². The van der Waals surface area contributed by atoms with Crippen molar-refractivity contribution in [2.45, 2.75) is 43.5 Å². The summed E-state index contributed by atoms with van der Waals surface area (Å²) in [4.78, 5) is 11.4. The Bertz CT molecular complexity index is 1070. The predicted octanol–water partition coefficient (Wildman–Crippen LogP) is 8.10. The minimum absolute atomic E-state index is 0.0280. The van der Waals surface area contributed by atoms with Crippen molar-refractivity contribution in [2.24, 2.45) is 0 Å². The number of fused-ring (bicyclic) bond motifs is 1. The average Bonchev–Trinajstić information content (AvgIpc) is 3.10. The van der Waals surface area contributed by atoms with Gasteiger partial charge in [0.05, 0.1) is 21.0 Å². The molecule has 2 atom stereocenters. The number of aryl methyl sites for hydroxylation is 1. The van der Waals surface area contributed by atoms with Crippen molar-refractivity contribution < 1.29 is 31.1 Å². The van der Waals surface area contributed by atoms with Gasteiger partial charge in [0.2, 0.25) is 5.91 Å². The minimum atomic E-state index is -4.60. The van der Waals surface area contributed by atoms with Gasteiger partial charge in [-0.2, -0.15) is 26.3 Å². The number of carbonyl (C=O) groups is 1. The van der Waals surface area contributed by atoms with Crippen molar-refractivity contribution in [1.29, 1.82) is 0 Å². The Balaban J connectivity index is 1.75. The monoisotopic (exact) mass is 543 g/mol. The van der Waals surface area contributed by atoms with E-state index in [9.17, 15) is 31.1 Å². The zero-order valence-corrected chi connectivity index (χ0v) is 19.6. The van der Waals surface area contributed by atoms with Crippen LogP contribution in [0, 0.1) is 0 Å². The quantitative estimate of drug-likeness (QED) is 0.289. The van der Waals surface area contributed by atoms with Gasteiger partial charge in [-0.25, -0.2) is 0 Å². The summed E-state index contributed by atoms with van der Waals surface area (Å²) in [6, 6.07) is 7.33. The van der Waals surface area contributed by atoms with Gasteiger partial charge in [0, 0.05) is 12.5 Å². The maximum atomic E-state index is 13.7. The molecule has 0 radical (unpaired) electrons. The lowest BCUT2D eigenvalue weighted by molar-refractivity contribution is -0.153. The molecule has 0 saturated heterocycles. The normalized spacial score (nSPS) is 17.1. The maximum absolute atomic E-state index is 13.7. The summed E-state index contributed by atoms with van der Waals surface area (Å²) in [5.74, 6) is -3.22. The molecule has 0 heterocycles. The van der Waals surface area contributed by atoms with E-state index in [1.54, 1.807) is 18.2 Å². The first-order chi connectivity index (χ1) is 15.7. The molecule has 0 fully saturated rings. The van der Waals surface area contributed by atoms with Crippen LogP contribution in [0.2, 0.25) is 15.1 Å². The lowest BCUT2D eigenvalue weighted by atomic mass is 9.96. The molecule has 2 unspecified atom stereocenters. The Morgan fingerprint density at radius 1 is 1.06 bits per heavy atom. The van der Waals surface area contributed by atoms with Gasteiger partial charge in [-0.3, -0.25) is 4.79 Å². The minimum Gasteiger partial charge on any atom is -0.355 e. The second kappa shape index (κ2) is 10.4. The third-order valence-corrected chi connectivity index (χ3v) is 6.67. The van der Waals surface area contributed by atoms with Crippen LogP contribution in [0.5, 0.6) is 0 Å². The van der Waals surface area contributed by atoms with Crippen LogP contribution in [-0.4, -0.2) is 24.8 Å². The summed E-state index contributed by atoms with van der Waals surface area (Å²) in [6.07, 6.45) is -7.16. The first-order valence-electron chi connectivity index (χ1n) is 10.1. The second-order valence-electron chi connectivity index (χ2n) is 7.97. The summed E-state index contributed by atoms with van der Waals surface area (Å²) in [5.41, 5.74) is 2.10. The highest BCUT2D eigenvalue weighted by Crippen LogP contribution is 2.41. The molecule has 34 heavy (non-hydrogen) atoms. The van der Waals surface area contributed by atoms with E-state index in [4.69, 9.17) is 34.8 Å². The SMILES string of the molecule is O=C(CC(F)(F)F)NCC1CCc2cc(/C=C/C(c3cc(Cl)c(Cl)c(Cl)c3)C(F)(F)F)ccc21. The third-order valence-electron chi connectivity index (χ3n) is 5.47. The van der Waals surface area contributed by atoms with E-state index in [2.05, 4.69) is 5.32 Å². The van der Waals surface area contributed by atoms with Crippen LogP contribution in [0.25, 0.3) is 6.08 Å². The topological polar surface area (TPSA) is 29.1 Å². The van der Waals surface area contributed by atoms with Crippen molar-refractivity contribution >= 4 is 46.8 Å². The highest BCUT2D eigenvalue weighted by Gasteiger charge is 2.39. The molecule has 2 aromatic rings. The van der Waals surface area contributed by atoms with Crippen LogP contribution in [0.15, 0.2) is 36.4 Å². The highest BCUT2D eigenvalue weighted by atomic mass is 35.5. The number of benzene rings is 2. The molecule has 3 rings (SSSR count). The number of rotatable bonds is 6. The number of amides is 1. The molecule has 0 aliphatic heterocycles. The number of alkyl halides is 6. The average molecular weight is 545 g/mol. The molecule has 1 aliphatic carbocycles. The number of nitrogens with one attached hydrogen (secondary N) is 1.